The number of phenolic OH excluding ortho intramolecular Hbond substituents is 1. The summed E-state index contributed by atoms with van der Waals surface area (Å²) in [7, 11) is 0. The highest BCUT2D eigenvalue weighted by molar-refractivity contribution is 5.97. The molecule has 0 unspecified atom stereocenters. The lowest BCUT2D eigenvalue weighted by Crippen LogP contribution is -2.72. The molecule has 0 radical (unpaired) electrons. The Balaban J connectivity index is 1.49. The minimum Gasteiger partial charge on any atom is -0.507 e. The Morgan fingerprint density at radius 1 is 1.22 bits per heavy atom. The van der Waals surface area contributed by atoms with Gasteiger partial charge >= 0.3 is 0 Å². The van der Waals surface area contributed by atoms with Gasteiger partial charge in [-0.15, -0.1) is 0 Å². The number of carbonyl (C=O) groups excluding carboxylic acids is 1. The molecule has 5 atom stereocenters. The number of carbonyl (C=O) groups is 1. The zero-order valence-corrected chi connectivity index (χ0v) is 18.7. The molecule has 1 aromatic heterocycles. The molecule has 2 aromatic rings. The van der Waals surface area contributed by atoms with Gasteiger partial charge in [0.1, 0.15) is 29.3 Å². The number of aliphatic hydroxyl groups is 2. The number of aliphatic hydroxyl groups excluding tert-OH is 1. The molecule has 0 saturated heterocycles. The Bertz CT molecular complexity index is 1060. The molecule has 1 aromatic carbocycles. The van der Waals surface area contributed by atoms with Crippen molar-refractivity contribution < 1.29 is 24.9 Å². The van der Waals surface area contributed by atoms with E-state index in [4.69, 9.17) is 4.74 Å². The van der Waals surface area contributed by atoms with Gasteiger partial charge in [0.15, 0.2) is 0 Å². The standard InChI is InChI=1S/C25H30N2O5/c1-4-27(13-14-7-9-26-10-8-14)23(30)16-5-6-17-20(21(16)28)22(29)25(31)18-11-15(24(18,2)3)12-19(25)32-17/h5-10,15,18-19,22,28-29,31H,4,11-13H2,1-3H3/t15-,18-,19-,22+,25-/m1/s1. The van der Waals surface area contributed by atoms with E-state index >= 15 is 0 Å². The first-order valence-electron chi connectivity index (χ1n) is 11.3. The lowest BCUT2D eigenvalue weighted by atomic mass is 9.42. The van der Waals surface area contributed by atoms with Gasteiger partial charge in [-0.1, -0.05) is 13.8 Å². The van der Waals surface area contributed by atoms with Crippen LogP contribution in [0, 0.1) is 17.3 Å². The van der Waals surface area contributed by atoms with E-state index in [-0.39, 0.29) is 34.1 Å². The van der Waals surface area contributed by atoms with Crippen LogP contribution in [0.1, 0.15) is 61.2 Å². The summed E-state index contributed by atoms with van der Waals surface area (Å²) < 4.78 is 6.10. The molecule has 7 nitrogen and oxygen atoms in total. The van der Waals surface area contributed by atoms with Crippen LogP contribution in [-0.2, 0) is 6.54 Å². The summed E-state index contributed by atoms with van der Waals surface area (Å²) in [4.78, 5) is 18.9. The average Bonchev–Trinajstić information content (AvgIpc) is 2.78. The van der Waals surface area contributed by atoms with Crippen molar-refractivity contribution in [2.75, 3.05) is 6.54 Å². The highest BCUT2D eigenvalue weighted by atomic mass is 16.5. The minimum absolute atomic E-state index is 0.0888. The number of hydrogen-bond donors (Lipinski definition) is 3. The van der Waals surface area contributed by atoms with Crippen molar-refractivity contribution in [2.45, 2.75) is 58.0 Å². The third kappa shape index (κ3) is 2.80. The van der Waals surface area contributed by atoms with Crippen LogP contribution in [-0.4, -0.2) is 49.4 Å². The predicted molar refractivity (Wildman–Crippen MR) is 117 cm³/mol. The van der Waals surface area contributed by atoms with Gasteiger partial charge in [-0.2, -0.15) is 0 Å². The molecular formula is C25H30N2O5. The van der Waals surface area contributed by atoms with Crippen LogP contribution >= 0.6 is 0 Å². The van der Waals surface area contributed by atoms with Crippen LogP contribution in [0.3, 0.4) is 0 Å². The summed E-state index contributed by atoms with van der Waals surface area (Å²) in [6, 6.07) is 6.84. The second-order valence-electron chi connectivity index (χ2n) is 9.99. The quantitative estimate of drug-likeness (QED) is 0.678. The second kappa shape index (κ2) is 7.18. The maximum Gasteiger partial charge on any atom is 0.257 e. The van der Waals surface area contributed by atoms with E-state index in [0.29, 0.717) is 31.2 Å². The van der Waals surface area contributed by atoms with E-state index in [1.807, 2.05) is 19.1 Å². The number of benzene rings is 1. The van der Waals surface area contributed by atoms with Crippen LogP contribution in [0.5, 0.6) is 11.5 Å². The topological polar surface area (TPSA) is 103 Å². The Morgan fingerprint density at radius 2 is 1.94 bits per heavy atom. The SMILES string of the molecule is CCN(Cc1ccncc1)C(=O)c1ccc2c(c1O)[C@H](O)[C@@]1(O)[C@@H]3C[C@H](C[C@H]1O2)C3(C)C. The lowest BCUT2D eigenvalue weighted by molar-refractivity contribution is -0.289. The van der Waals surface area contributed by atoms with Gasteiger partial charge in [0.25, 0.3) is 5.91 Å². The van der Waals surface area contributed by atoms with E-state index in [9.17, 15) is 20.1 Å². The van der Waals surface area contributed by atoms with Gasteiger partial charge in [0.05, 0.1) is 11.1 Å². The molecule has 0 spiro atoms. The van der Waals surface area contributed by atoms with Gasteiger partial charge in [0.2, 0.25) is 0 Å². The number of hydrogen-bond acceptors (Lipinski definition) is 6. The lowest BCUT2D eigenvalue weighted by Gasteiger charge is -2.67. The van der Waals surface area contributed by atoms with Gasteiger partial charge in [-0.25, -0.2) is 0 Å². The van der Waals surface area contributed by atoms with Crippen molar-refractivity contribution in [3.05, 3.63) is 53.3 Å². The van der Waals surface area contributed by atoms with E-state index in [1.54, 1.807) is 23.4 Å². The molecule has 7 heteroatoms. The average molecular weight is 439 g/mol. The van der Waals surface area contributed by atoms with Crippen LogP contribution < -0.4 is 4.74 Å². The zero-order chi connectivity index (χ0) is 22.8. The first-order valence-corrected chi connectivity index (χ1v) is 11.3. The van der Waals surface area contributed by atoms with Crippen molar-refractivity contribution in [2.24, 2.45) is 17.3 Å². The summed E-state index contributed by atoms with van der Waals surface area (Å²) in [6.45, 7) is 6.91. The summed E-state index contributed by atoms with van der Waals surface area (Å²) in [5.41, 5.74) is -0.482. The third-order valence-electron chi connectivity index (χ3n) is 8.22. The number of rotatable bonds is 4. The monoisotopic (exact) mass is 438 g/mol. The molecule has 170 valence electrons. The summed E-state index contributed by atoms with van der Waals surface area (Å²) in [5.74, 6) is -0.0396. The molecule has 4 aliphatic rings. The van der Waals surface area contributed by atoms with Gasteiger partial charge in [0, 0.05) is 25.5 Å². The smallest absolute Gasteiger partial charge is 0.257 e. The van der Waals surface area contributed by atoms with Gasteiger partial charge in [-0.3, -0.25) is 9.78 Å². The Labute approximate surface area is 187 Å². The molecule has 2 bridgehead atoms. The highest BCUT2D eigenvalue weighted by Gasteiger charge is 2.70. The second-order valence-corrected chi connectivity index (χ2v) is 9.99. The molecule has 3 N–H and O–H groups in total. The first kappa shape index (κ1) is 21.2. The number of aromatic nitrogens is 1. The molecule has 1 amide bonds. The molecule has 3 aliphatic carbocycles. The number of ether oxygens (including phenoxy) is 1. The number of amides is 1. The molecule has 3 fully saturated rings. The molecule has 32 heavy (non-hydrogen) atoms. The summed E-state index contributed by atoms with van der Waals surface area (Å²) >= 11 is 0. The van der Waals surface area contributed by atoms with Crippen LogP contribution in [0.15, 0.2) is 36.7 Å². The molecule has 2 heterocycles. The largest absolute Gasteiger partial charge is 0.507 e. The molecule has 3 saturated carbocycles. The Morgan fingerprint density at radius 3 is 2.59 bits per heavy atom. The summed E-state index contributed by atoms with van der Waals surface area (Å²) in [5, 5.41) is 34.1. The van der Waals surface area contributed by atoms with E-state index in [1.165, 1.54) is 6.07 Å². The molecule has 6 rings (SSSR count). The maximum absolute atomic E-state index is 13.3. The van der Waals surface area contributed by atoms with Crippen molar-refractivity contribution in [3.8, 4) is 11.5 Å². The van der Waals surface area contributed by atoms with Crippen molar-refractivity contribution >= 4 is 5.91 Å². The van der Waals surface area contributed by atoms with Crippen LogP contribution in [0.25, 0.3) is 0 Å². The van der Waals surface area contributed by atoms with Gasteiger partial charge < -0.3 is 25.0 Å². The Kier molecular flexibility index (Phi) is 4.76. The fourth-order valence-corrected chi connectivity index (χ4v) is 6.10. The van der Waals surface area contributed by atoms with E-state index < -0.39 is 17.8 Å². The fraction of sp³-hybridized carbons (Fsp3) is 0.520. The Hall–Kier alpha value is -2.64. The number of fused-ring (bicyclic) bond motifs is 1. The number of phenols is 1. The first-order chi connectivity index (χ1) is 15.2. The van der Waals surface area contributed by atoms with Crippen molar-refractivity contribution in [1.29, 1.82) is 0 Å². The number of pyridine rings is 1. The molecule has 1 aliphatic heterocycles. The third-order valence-corrected chi connectivity index (χ3v) is 8.22. The van der Waals surface area contributed by atoms with E-state index in [0.717, 1.165) is 12.0 Å². The minimum atomic E-state index is -1.49. The van der Waals surface area contributed by atoms with Crippen LogP contribution in [0.4, 0.5) is 0 Å². The fourth-order valence-electron chi connectivity index (χ4n) is 6.10. The zero-order valence-electron chi connectivity index (χ0n) is 18.7. The van der Waals surface area contributed by atoms with Crippen LogP contribution in [0.2, 0.25) is 0 Å². The van der Waals surface area contributed by atoms with Crippen molar-refractivity contribution in [1.82, 2.24) is 9.88 Å². The van der Waals surface area contributed by atoms with E-state index in [2.05, 4.69) is 18.8 Å². The maximum atomic E-state index is 13.3. The summed E-state index contributed by atoms with van der Waals surface area (Å²) in [6.07, 6.45) is 2.97. The molecular weight excluding hydrogens is 408 g/mol. The predicted octanol–water partition coefficient (Wildman–Crippen LogP) is 3.04. The number of nitrogens with zero attached hydrogens (tertiary/aromatic N) is 2. The van der Waals surface area contributed by atoms with Gasteiger partial charge in [-0.05, 0) is 66.8 Å². The highest BCUT2D eigenvalue weighted by Crippen LogP contribution is 2.67. The van der Waals surface area contributed by atoms with Crippen molar-refractivity contribution in [3.63, 3.8) is 0 Å². The normalized spacial score (nSPS) is 31.5. The number of aromatic hydroxyl groups is 1.